The molecule has 0 rings (SSSR count). The van der Waals surface area contributed by atoms with Crippen LogP contribution in [0.2, 0.25) is 0 Å². The number of phosphoric ester groups is 1. The van der Waals surface area contributed by atoms with Crippen molar-refractivity contribution in [2.45, 2.75) is 90.1 Å². The summed E-state index contributed by atoms with van der Waals surface area (Å²) in [6, 6.07) is 0. The molecule has 0 aromatic carbocycles. The van der Waals surface area contributed by atoms with Crippen LogP contribution in [0.5, 0.6) is 0 Å². The topological polar surface area (TPSA) is 88.0 Å². The third-order valence-corrected chi connectivity index (χ3v) is 6.01. The third-order valence-electron chi connectivity index (χ3n) is 5.05. The van der Waals surface area contributed by atoms with Gasteiger partial charge in [0.15, 0.2) is 0 Å². The van der Waals surface area contributed by atoms with Crippen LogP contribution in [0.25, 0.3) is 0 Å². The molecule has 2 atom stereocenters. The normalized spacial score (nSPS) is 15.3. The van der Waals surface area contributed by atoms with Crippen molar-refractivity contribution < 1.29 is 32.8 Å². The van der Waals surface area contributed by atoms with Gasteiger partial charge >= 0.3 is 0 Å². The van der Waals surface area contributed by atoms with Crippen LogP contribution >= 0.6 is 7.82 Å². The molecular weight excluding hydrogens is 429 g/mol. The highest BCUT2D eigenvalue weighted by Gasteiger charge is 2.15. The zero-order chi connectivity index (χ0) is 24.1. The van der Waals surface area contributed by atoms with Crippen LogP contribution in [0.3, 0.4) is 0 Å². The SMILES string of the molecule is CCCCCCCCCCCC=CCCCOC[C@H](O)COP(=O)([O-])OCC[N+](C)(C)C. The Morgan fingerprint density at radius 2 is 1.41 bits per heavy atom. The summed E-state index contributed by atoms with van der Waals surface area (Å²) in [4.78, 5) is 11.7. The fourth-order valence-electron chi connectivity index (χ4n) is 3.02. The molecule has 1 unspecified atom stereocenters. The number of hydrogen-bond donors (Lipinski definition) is 1. The Labute approximate surface area is 197 Å². The van der Waals surface area contributed by atoms with Crippen LogP contribution in [0.4, 0.5) is 0 Å². The lowest BCUT2D eigenvalue weighted by atomic mass is 10.1. The maximum Gasteiger partial charge on any atom is 0.268 e. The Hall–Kier alpha value is -0.270. The second-order valence-corrected chi connectivity index (χ2v) is 11.0. The molecule has 0 fully saturated rings. The fourth-order valence-corrected chi connectivity index (χ4v) is 3.75. The summed E-state index contributed by atoms with van der Waals surface area (Å²) in [7, 11) is 1.42. The van der Waals surface area contributed by atoms with Crippen molar-refractivity contribution in [3.8, 4) is 0 Å². The first-order valence-corrected chi connectivity index (χ1v) is 13.9. The number of likely N-dealkylation sites (N-methyl/N-ethyl adjacent to an activating group) is 1. The Morgan fingerprint density at radius 3 is 2.00 bits per heavy atom. The lowest BCUT2D eigenvalue weighted by molar-refractivity contribution is -0.870. The van der Waals surface area contributed by atoms with Crippen molar-refractivity contribution in [1.29, 1.82) is 0 Å². The molecular formula is C24H50NO6P. The number of nitrogens with zero attached hydrogens (tertiary/aromatic N) is 1. The van der Waals surface area contributed by atoms with Gasteiger partial charge in [0.05, 0.1) is 34.4 Å². The summed E-state index contributed by atoms with van der Waals surface area (Å²) >= 11 is 0. The molecule has 0 aliphatic heterocycles. The number of aliphatic hydroxyl groups excluding tert-OH is 1. The second-order valence-electron chi connectivity index (χ2n) is 9.55. The maximum absolute atomic E-state index is 11.7. The molecule has 8 heteroatoms. The molecule has 0 amide bonds. The molecule has 0 saturated carbocycles. The number of phosphoric acid groups is 1. The first-order valence-electron chi connectivity index (χ1n) is 12.5. The fraction of sp³-hybridized carbons (Fsp3) is 0.917. The first kappa shape index (κ1) is 31.7. The number of ether oxygens (including phenoxy) is 1. The van der Waals surface area contributed by atoms with Gasteiger partial charge in [-0.3, -0.25) is 4.57 Å². The van der Waals surface area contributed by atoms with Crippen molar-refractivity contribution in [2.75, 3.05) is 54.1 Å². The third kappa shape index (κ3) is 24.4. The molecule has 1 N–H and O–H groups in total. The quantitative estimate of drug-likeness (QED) is 0.0977. The largest absolute Gasteiger partial charge is 0.756 e. The molecule has 0 aromatic heterocycles. The van der Waals surface area contributed by atoms with Gasteiger partial charge in [0.2, 0.25) is 0 Å². The Morgan fingerprint density at radius 1 is 0.844 bits per heavy atom. The zero-order valence-corrected chi connectivity index (χ0v) is 22.0. The molecule has 0 radical (unpaired) electrons. The molecule has 0 spiro atoms. The van der Waals surface area contributed by atoms with E-state index in [4.69, 9.17) is 13.8 Å². The zero-order valence-electron chi connectivity index (χ0n) is 21.1. The van der Waals surface area contributed by atoms with Gasteiger partial charge in [-0.25, -0.2) is 0 Å². The van der Waals surface area contributed by atoms with E-state index in [-0.39, 0.29) is 19.8 Å². The van der Waals surface area contributed by atoms with Crippen LogP contribution in [0.1, 0.15) is 84.0 Å². The standard InChI is InChI=1S/C24H50NO6P/c1-5-6-7-8-9-10-11-12-13-14-15-16-17-18-20-29-22-24(26)23-31-32(27,28)30-21-19-25(2,3)4/h15-16,24,26H,5-14,17-23H2,1-4H3/t24-/m0/s1. The highest BCUT2D eigenvalue weighted by atomic mass is 31.2. The van der Waals surface area contributed by atoms with E-state index in [2.05, 4.69) is 19.1 Å². The van der Waals surface area contributed by atoms with Gasteiger partial charge in [0, 0.05) is 6.61 Å². The molecule has 192 valence electrons. The van der Waals surface area contributed by atoms with Gasteiger partial charge in [0.25, 0.3) is 7.82 Å². The molecule has 7 nitrogen and oxygen atoms in total. The number of rotatable bonds is 23. The second kappa shape index (κ2) is 20.1. The van der Waals surface area contributed by atoms with Crippen LogP contribution in [-0.2, 0) is 18.3 Å². The average molecular weight is 480 g/mol. The summed E-state index contributed by atoms with van der Waals surface area (Å²) in [5.74, 6) is 0. The van der Waals surface area contributed by atoms with Crippen molar-refractivity contribution in [3.63, 3.8) is 0 Å². The summed E-state index contributed by atoms with van der Waals surface area (Å²) < 4.78 is 27.2. The lowest BCUT2D eigenvalue weighted by Gasteiger charge is -2.27. The monoisotopic (exact) mass is 479 g/mol. The number of hydrogen-bond acceptors (Lipinski definition) is 6. The minimum absolute atomic E-state index is 0.0427. The predicted molar refractivity (Wildman–Crippen MR) is 129 cm³/mol. The van der Waals surface area contributed by atoms with E-state index >= 15 is 0 Å². The maximum atomic E-state index is 11.7. The van der Waals surface area contributed by atoms with E-state index in [1.807, 2.05) is 21.1 Å². The van der Waals surface area contributed by atoms with Gasteiger partial charge in [-0.15, -0.1) is 0 Å². The van der Waals surface area contributed by atoms with Crippen LogP contribution in [0, 0.1) is 0 Å². The predicted octanol–water partition coefficient (Wildman–Crippen LogP) is 4.83. The molecule has 0 aliphatic carbocycles. The van der Waals surface area contributed by atoms with Crippen molar-refractivity contribution in [2.24, 2.45) is 0 Å². The molecule has 0 aromatic rings. The van der Waals surface area contributed by atoms with Crippen molar-refractivity contribution >= 4 is 7.82 Å². The van der Waals surface area contributed by atoms with E-state index in [9.17, 15) is 14.6 Å². The molecule has 0 bridgehead atoms. The molecule has 32 heavy (non-hydrogen) atoms. The average Bonchev–Trinajstić information content (AvgIpc) is 2.71. The van der Waals surface area contributed by atoms with E-state index < -0.39 is 13.9 Å². The summed E-state index contributed by atoms with van der Waals surface area (Å²) in [6.45, 7) is 3.04. The summed E-state index contributed by atoms with van der Waals surface area (Å²) in [6.07, 6.45) is 18.6. The van der Waals surface area contributed by atoms with Crippen LogP contribution < -0.4 is 4.89 Å². The van der Waals surface area contributed by atoms with E-state index in [0.717, 1.165) is 19.3 Å². The van der Waals surface area contributed by atoms with Gasteiger partial charge in [-0.2, -0.15) is 0 Å². The Kier molecular flexibility index (Phi) is 20.0. The van der Waals surface area contributed by atoms with Gasteiger partial charge < -0.3 is 28.3 Å². The summed E-state index contributed by atoms with van der Waals surface area (Å²) in [5.41, 5.74) is 0. The minimum Gasteiger partial charge on any atom is -0.756 e. The van der Waals surface area contributed by atoms with E-state index in [1.54, 1.807) is 0 Å². The number of unbranched alkanes of at least 4 members (excludes halogenated alkanes) is 10. The lowest BCUT2D eigenvalue weighted by Crippen LogP contribution is -2.37. The number of quaternary nitrogens is 1. The van der Waals surface area contributed by atoms with Crippen molar-refractivity contribution in [1.82, 2.24) is 0 Å². The van der Waals surface area contributed by atoms with E-state index in [1.165, 1.54) is 57.8 Å². The highest BCUT2D eigenvalue weighted by Crippen LogP contribution is 2.38. The Bertz CT molecular complexity index is 495. The van der Waals surface area contributed by atoms with Crippen molar-refractivity contribution in [3.05, 3.63) is 12.2 Å². The van der Waals surface area contributed by atoms with Crippen LogP contribution in [-0.4, -0.2) is 69.8 Å². The molecule has 0 aliphatic rings. The van der Waals surface area contributed by atoms with Gasteiger partial charge in [-0.05, 0) is 25.7 Å². The Balaban J connectivity index is 3.49. The molecule has 0 saturated heterocycles. The van der Waals surface area contributed by atoms with Gasteiger partial charge in [0.1, 0.15) is 19.3 Å². The van der Waals surface area contributed by atoms with Crippen LogP contribution in [0.15, 0.2) is 12.2 Å². The smallest absolute Gasteiger partial charge is 0.268 e. The molecule has 0 heterocycles. The van der Waals surface area contributed by atoms with E-state index in [0.29, 0.717) is 17.6 Å². The number of allylic oxidation sites excluding steroid dienone is 2. The number of aliphatic hydroxyl groups is 1. The highest BCUT2D eigenvalue weighted by molar-refractivity contribution is 7.45. The first-order chi connectivity index (χ1) is 15.2. The minimum atomic E-state index is -4.39. The summed E-state index contributed by atoms with van der Waals surface area (Å²) in [5, 5.41) is 9.80. The van der Waals surface area contributed by atoms with Gasteiger partial charge in [-0.1, -0.05) is 70.4 Å².